The van der Waals surface area contributed by atoms with E-state index in [2.05, 4.69) is 13.8 Å². The van der Waals surface area contributed by atoms with Gasteiger partial charge in [0.25, 0.3) is 0 Å². The first-order valence-corrected chi connectivity index (χ1v) is 7.08. The van der Waals surface area contributed by atoms with Crippen molar-refractivity contribution in [3.63, 3.8) is 0 Å². The molecule has 0 heterocycles. The van der Waals surface area contributed by atoms with E-state index in [1.807, 2.05) is 13.8 Å². The lowest BCUT2D eigenvalue weighted by molar-refractivity contribution is -0.271. The molecule has 3 heteroatoms. The van der Waals surface area contributed by atoms with Crippen LogP contribution in [0.25, 0.3) is 0 Å². The van der Waals surface area contributed by atoms with E-state index in [1.54, 1.807) is 0 Å². The third kappa shape index (κ3) is 5.36. The average Bonchev–Trinajstić information content (AvgIpc) is 2.31. The quantitative estimate of drug-likeness (QED) is 0.580. The Hall–Kier alpha value is -0.120. The van der Waals surface area contributed by atoms with Crippen molar-refractivity contribution in [2.24, 2.45) is 11.1 Å². The molecular formula is C14H31NO2. The lowest BCUT2D eigenvalue weighted by Crippen LogP contribution is -2.56. The molecule has 0 aliphatic carbocycles. The Bertz CT molecular complexity index is 185. The van der Waals surface area contributed by atoms with Gasteiger partial charge in [0.2, 0.25) is 5.91 Å². The second-order valence-corrected chi connectivity index (χ2v) is 5.31. The van der Waals surface area contributed by atoms with Gasteiger partial charge in [-0.3, -0.25) is 5.73 Å². The summed E-state index contributed by atoms with van der Waals surface area (Å²) in [6, 6.07) is 0. The van der Waals surface area contributed by atoms with Crippen molar-refractivity contribution in [2.45, 2.75) is 78.6 Å². The summed E-state index contributed by atoms with van der Waals surface area (Å²) in [7, 11) is 0. The lowest BCUT2D eigenvalue weighted by atomic mass is 9.76. The Morgan fingerprint density at radius 2 is 1.47 bits per heavy atom. The largest absolute Gasteiger partial charge is 0.353 e. The van der Waals surface area contributed by atoms with Crippen LogP contribution in [0.1, 0.15) is 72.6 Å². The second kappa shape index (κ2) is 8.06. The van der Waals surface area contributed by atoms with Crippen molar-refractivity contribution >= 4 is 0 Å². The third-order valence-electron chi connectivity index (χ3n) is 3.56. The van der Waals surface area contributed by atoms with Gasteiger partial charge in [0.15, 0.2) is 0 Å². The summed E-state index contributed by atoms with van der Waals surface area (Å²) < 4.78 is 5.47. The molecule has 1 unspecified atom stereocenters. The maximum Gasteiger partial charge on any atom is 0.227 e. The van der Waals surface area contributed by atoms with Crippen molar-refractivity contribution in [3.8, 4) is 0 Å². The monoisotopic (exact) mass is 245 g/mol. The molecule has 0 spiro atoms. The van der Waals surface area contributed by atoms with Crippen molar-refractivity contribution in [1.82, 2.24) is 0 Å². The normalized spacial score (nSPS) is 15.9. The number of hydrogen-bond acceptors (Lipinski definition) is 3. The van der Waals surface area contributed by atoms with Crippen LogP contribution in [0.4, 0.5) is 0 Å². The molecule has 0 saturated carbocycles. The minimum atomic E-state index is -1.49. The van der Waals surface area contributed by atoms with Gasteiger partial charge >= 0.3 is 0 Å². The molecule has 0 aromatic rings. The fourth-order valence-electron chi connectivity index (χ4n) is 2.05. The van der Waals surface area contributed by atoms with Crippen LogP contribution in [0, 0.1) is 5.41 Å². The number of nitrogens with two attached hydrogens (primary N) is 1. The van der Waals surface area contributed by atoms with E-state index in [1.165, 1.54) is 0 Å². The molecule has 1 atom stereocenters. The van der Waals surface area contributed by atoms with Crippen LogP contribution in [-0.4, -0.2) is 17.6 Å². The standard InChI is InChI=1S/C14H31NO2/c1-5-8-10-13(4,11-9-6-2)14(15,16)17-12-7-3/h16H,5-12,15H2,1-4H3. The fourth-order valence-corrected chi connectivity index (χ4v) is 2.05. The zero-order valence-corrected chi connectivity index (χ0v) is 12.1. The van der Waals surface area contributed by atoms with Crippen LogP contribution in [0.2, 0.25) is 0 Å². The van der Waals surface area contributed by atoms with E-state index in [4.69, 9.17) is 10.5 Å². The molecule has 0 amide bonds. The highest BCUT2D eigenvalue weighted by molar-refractivity contribution is 4.85. The summed E-state index contributed by atoms with van der Waals surface area (Å²) in [6.45, 7) is 8.89. The van der Waals surface area contributed by atoms with Gasteiger partial charge in [0.05, 0.1) is 6.61 Å². The SMILES string of the molecule is CCCCC(C)(CCCC)C(N)(O)OCCC. The molecule has 0 aliphatic rings. The van der Waals surface area contributed by atoms with Gasteiger partial charge in [-0.05, 0) is 19.3 Å². The highest BCUT2D eigenvalue weighted by Crippen LogP contribution is 2.39. The average molecular weight is 245 g/mol. The summed E-state index contributed by atoms with van der Waals surface area (Å²) in [5.41, 5.74) is 5.66. The van der Waals surface area contributed by atoms with Crippen molar-refractivity contribution in [3.05, 3.63) is 0 Å². The molecule has 0 saturated heterocycles. The van der Waals surface area contributed by atoms with Crippen molar-refractivity contribution in [2.75, 3.05) is 6.61 Å². The molecule has 0 bridgehead atoms. The Labute approximate surface area is 107 Å². The number of aliphatic hydroxyl groups is 1. The Kier molecular flexibility index (Phi) is 8.01. The van der Waals surface area contributed by atoms with Crippen LogP contribution >= 0.6 is 0 Å². The molecule has 3 nitrogen and oxygen atoms in total. The van der Waals surface area contributed by atoms with Gasteiger partial charge in [-0.15, -0.1) is 0 Å². The van der Waals surface area contributed by atoms with Crippen LogP contribution in [-0.2, 0) is 4.74 Å². The zero-order chi connectivity index (χ0) is 13.4. The van der Waals surface area contributed by atoms with Gasteiger partial charge in [-0.2, -0.15) is 0 Å². The van der Waals surface area contributed by atoms with E-state index in [-0.39, 0.29) is 5.41 Å². The minimum Gasteiger partial charge on any atom is -0.353 e. The molecule has 0 aromatic carbocycles. The maximum absolute atomic E-state index is 10.4. The predicted molar refractivity (Wildman–Crippen MR) is 72.5 cm³/mol. The molecule has 0 radical (unpaired) electrons. The van der Waals surface area contributed by atoms with E-state index >= 15 is 0 Å². The first-order chi connectivity index (χ1) is 7.93. The molecule has 0 rings (SSSR count). The minimum absolute atomic E-state index is 0.339. The van der Waals surface area contributed by atoms with Crippen molar-refractivity contribution in [1.29, 1.82) is 0 Å². The number of unbranched alkanes of at least 4 members (excludes halogenated alkanes) is 2. The lowest BCUT2D eigenvalue weighted by Gasteiger charge is -2.42. The Balaban J connectivity index is 4.60. The van der Waals surface area contributed by atoms with Gasteiger partial charge in [0, 0.05) is 5.41 Å². The molecular weight excluding hydrogens is 214 g/mol. The van der Waals surface area contributed by atoms with Crippen LogP contribution in [0.15, 0.2) is 0 Å². The maximum atomic E-state index is 10.4. The molecule has 0 fully saturated rings. The second-order valence-electron chi connectivity index (χ2n) is 5.31. The zero-order valence-electron chi connectivity index (χ0n) is 12.1. The molecule has 3 N–H and O–H groups in total. The highest BCUT2D eigenvalue weighted by atomic mass is 16.6. The smallest absolute Gasteiger partial charge is 0.227 e. The van der Waals surface area contributed by atoms with E-state index in [0.717, 1.165) is 44.9 Å². The Morgan fingerprint density at radius 1 is 1.00 bits per heavy atom. The molecule has 0 aromatic heterocycles. The van der Waals surface area contributed by atoms with Crippen molar-refractivity contribution < 1.29 is 9.84 Å². The summed E-state index contributed by atoms with van der Waals surface area (Å²) in [5.74, 6) is -1.49. The van der Waals surface area contributed by atoms with Gasteiger partial charge in [-0.25, -0.2) is 0 Å². The van der Waals surface area contributed by atoms with E-state index in [0.29, 0.717) is 6.61 Å². The summed E-state index contributed by atoms with van der Waals surface area (Å²) >= 11 is 0. The number of rotatable bonds is 10. The highest BCUT2D eigenvalue weighted by Gasteiger charge is 2.44. The first kappa shape index (κ1) is 16.9. The van der Waals surface area contributed by atoms with E-state index in [9.17, 15) is 5.11 Å². The van der Waals surface area contributed by atoms with Crippen LogP contribution < -0.4 is 5.73 Å². The van der Waals surface area contributed by atoms with Crippen LogP contribution in [0.3, 0.4) is 0 Å². The topological polar surface area (TPSA) is 55.5 Å². The molecule has 104 valence electrons. The molecule has 17 heavy (non-hydrogen) atoms. The summed E-state index contributed by atoms with van der Waals surface area (Å²) in [5, 5.41) is 10.4. The fraction of sp³-hybridized carbons (Fsp3) is 1.00. The van der Waals surface area contributed by atoms with E-state index < -0.39 is 5.91 Å². The summed E-state index contributed by atoms with van der Waals surface area (Å²) in [6.07, 6.45) is 7.10. The van der Waals surface area contributed by atoms with Gasteiger partial charge in [-0.1, -0.05) is 53.4 Å². The first-order valence-electron chi connectivity index (χ1n) is 7.08. The predicted octanol–water partition coefficient (Wildman–Crippen LogP) is 3.40. The van der Waals surface area contributed by atoms with Gasteiger partial charge in [0.1, 0.15) is 0 Å². The number of ether oxygens (including phenoxy) is 1. The number of hydrogen-bond donors (Lipinski definition) is 2. The Morgan fingerprint density at radius 3 is 1.82 bits per heavy atom. The van der Waals surface area contributed by atoms with Gasteiger partial charge < -0.3 is 9.84 Å². The van der Waals surface area contributed by atoms with Crippen LogP contribution in [0.5, 0.6) is 0 Å². The summed E-state index contributed by atoms with van der Waals surface area (Å²) in [4.78, 5) is 0. The molecule has 0 aliphatic heterocycles. The third-order valence-corrected chi connectivity index (χ3v) is 3.56.